The number of hydrogen-bond acceptors (Lipinski definition) is 5. The summed E-state index contributed by atoms with van der Waals surface area (Å²) in [5, 5.41) is 21.0. The van der Waals surface area contributed by atoms with Gasteiger partial charge in [0.1, 0.15) is 17.9 Å². The van der Waals surface area contributed by atoms with E-state index in [2.05, 4.69) is 20.7 Å². The summed E-state index contributed by atoms with van der Waals surface area (Å²) < 4.78 is 1.75. The van der Waals surface area contributed by atoms with E-state index in [0.29, 0.717) is 25.5 Å². The predicted octanol–water partition coefficient (Wildman–Crippen LogP) is -0.510. The molecule has 130 valence electrons. The van der Waals surface area contributed by atoms with Crippen molar-refractivity contribution in [2.24, 2.45) is 4.99 Å². The van der Waals surface area contributed by atoms with Crippen LogP contribution in [0, 0.1) is 0 Å². The molecule has 0 aliphatic carbocycles. The van der Waals surface area contributed by atoms with Gasteiger partial charge in [0.25, 0.3) is 0 Å². The fourth-order valence-corrected chi connectivity index (χ4v) is 3.33. The minimum Gasteiger partial charge on any atom is -0.375 e. The molecule has 2 bridgehead atoms. The number of aliphatic imine (C=N–C) groups is 1. The lowest BCUT2D eigenvalue weighted by molar-refractivity contribution is -0.118. The Hall–Kier alpha value is -2.62. The van der Waals surface area contributed by atoms with Crippen molar-refractivity contribution in [3.05, 3.63) is 17.5 Å². The van der Waals surface area contributed by atoms with Crippen LogP contribution in [-0.4, -0.2) is 69.9 Å². The van der Waals surface area contributed by atoms with Gasteiger partial charge < -0.3 is 15.5 Å². The molecule has 3 amide bonds. The number of rotatable bonds is 4. The molecule has 1 fully saturated rings. The molecule has 1 aromatic heterocycles. The molecule has 3 rings (SSSR count). The maximum Gasteiger partial charge on any atom is 0.345 e. The number of likely N-dealkylation sites (N-methyl/N-ethyl adjacent to an activating group) is 1. The Morgan fingerprint density at radius 2 is 2.29 bits per heavy atom. The zero-order valence-corrected chi connectivity index (χ0v) is 13.9. The van der Waals surface area contributed by atoms with E-state index in [-0.39, 0.29) is 5.91 Å². The topological polar surface area (TPSA) is 115 Å². The summed E-state index contributed by atoms with van der Waals surface area (Å²) >= 11 is 0. The zero-order chi connectivity index (χ0) is 17.4. The second kappa shape index (κ2) is 6.11. The average Bonchev–Trinajstić information content (AvgIpc) is 3.07. The van der Waals surface area contributed by atoms with Crippen LogP contribution in [0.3, 0.4) is 0 Å². The monoisotopic (exact) mass is 335 g/mol. The van der Waals surface area contributed by atoms with Crippen LogP contribution in [0.25, 0.3) is 0 Å². The Morgan fingerprint density at radius 1 is 1.54 bits per heavy atom. The number of nitrogens with one attached hydrogen (secondary N) is 2. The molecule has 1 aromatic rings. The van der Waals surface area contributed by atoms with E-state index < -0.39 is 18.1 Å². The lowest BCUT2D eigenvalue weighted by Gasteiger charge is -2.32. The number of carbonyl (C=O) groups excluding carboxylic acids is 2. The van der Waals surface area contributed by atoms with Gasteiger partial charge in [0.15, 0.2) is 0 Å². The molecule has 10 nitrogen and oxygen atoms in total. The number of hydrogen-bond donors (Lipinski definition) is 3. The van der Waals surface area contributed by atoms with Gasteiger partial charge in [0, 0.05) is 33.1 Å². The van der Waals surface area contributed by atoms with Gasteiger partial charge in [0.2, 0.25) is 5.91 Å². The lowest BCUT2D eigenvalue weighted by atomic mass is 9.97. The van der Waals surface area contributed by atoms with Crippen molar-refractivity contribution < 1.29 is 14.8 Å². The number of urea groups is 1. The highest BCUT2D eigenvalue weighted by Gasteiger charge is 2.50. The lowest BCUT2D eigenvalue weighted by Crippen LogP contribution is -2.43. The highest BCUT2D eigenvalue weighted by atomic mass is 16.5. The molecule has 24 heavy (non-hydrogen) atoms. The van der Waals surface area contributed by atoms with Crippen molar-refractivity contribution in [3.63, 3.8) is 0 Å². The number of amides is 3. The SMILES string of the molecule is CN=C(NC)[C@@H]1c2c(cnn2CCNC(C)=O)[C@@H]2CN1C(=O)N2O. The van der Waals surface area contributed by atoms with Crippen LogP contribution in [0.5, 0.6) is 0 Å². The van der Waals surface area contributed by atoms with Crippen molar-refractivity contribution in [2.45, 2.75) is 25.6 Å². The third-order valence-corrected chi connectivity index (χ3v) is 4.40. The minimum absolute atomic E-state index is 0.112. The molecule has 0 saturated carbocycles. The van der Waals surface area contributed by atoms with E-state index in [9.17, 15) is 14.8 Å². The standard InChI is InChI=1S/C14H21N7O3/c1-8(22)17-4-5-20-11-9(6-18-20)10-7-19(14(23)21(10)24)12(11)13(15-2)16-3/h6,10,12,24H,4-5,7H2,1-3H3,(H,15,16)(H,17,22)/t10-,12-/m0/s1. The summed E-state index contributed by atoms with van der Waals surface area (Å²) in [6, 6.07) is -1.34. The van der Waals surface area contributed by atoms with Crippen molar-refractivity contribution >= 4 is 17.8 Å². The largest absolute Gasteiger partial charge is 0.375 e. The summed E-state index contributed by atoms with van der Waals surface area (Å²) in [7, 11) is 3.39. The summed E-state index contributed by atoms with van der Waals surface area (Å²) in [6.07, 6.45) is 1.67. The van der Waals surface area contributed by atoms with E-state index >= 15 is 0 Å². The molecule has 1 saturated heterocycles. The van der Waals surface area contributed by atoms with E-state index in [1.54, 1.807) is 29.9 Å². The van der Waals surface area contributed by atoms with Crippen LogP contribution >= 0.6 is 0 Å². The van der Waals surface area contributed by atoms with E-state index in [1.807, 2.05) is 0 Å². The Labute approximate surface area is 139 Å². The fourth-order valence-electron chi connectivity index (χ4n) is 3.33. The predicted molar refractivity (Wildman–Crippen MR) is 84.5 cm³/mol. The quantitative estimate of drug-likeness (QED) is 0.389. The van der Waals surface area contributed by atoms with Crippen molar-refractivity contribution in [1.29, 1.82) is 0 Å². The maximum absolute atomic E-state index is 12.3. The zero-order valence-electron chi connectivity index (χ0n) is 13.9. The smallest absolute Gasteiger partial charge is 0.345 e. The summed E-state index contributed by atoms with van der Waals surface area (Å²) in [5.74, 6) is 0.499. The molecule has 2 aliphatic heterocycles. The molecule has 0 radical (unpaired) electrons. The van der Waals surface area contributed by atoms with Crippen molar-refractivity contribution in [3.8, 4) is 0 Å². The second-order valence-electron chi connectivity index (χ2n) is 5.75. The first-order chi connectivity index (χ1) is 11.5. The first-order valence-electron chi connectivity index (χ1n) is 7.72. The van der Waals surface area contributed by atoms with Crippen LogP contribution in [0.2, 0.25) is 0 Å². The van der Waals surface area contributed by atoms with Crippen LogP contribution in [0.1, 0.15) is 30.3 Å². The molecular weight excluding hydrogens is 314 g/mol. The number of carbonyl (C=O) groups is 2. The van der Waals surface area contributed by atoms with Gasteiger partial charge in [-0.05, 0) is 0 Å². The summed E-state index contributed by atoms with van der Waals surface area (Å²) in [6.45, 7) is 2.73. The number of hydroxylamine groups is 2. The molecular formula is C14H21N7O3. The van der Waals surface area contributed by atoms with Crippen LogP contribution in [0.4, 0.5) is 4.79 Å². The molecule has 10 heteroatoms. The van der Waals surface area contributed by atoms with Gasteiger partial charge in [-0.1, -0.05) is 0 Å². The Bertz CT molecular complexity index is 699. The first-order valence-corrected chi connectivity index (χ1v) is 7.72. The molecule has 3 heterocycles. The van der Waals surface area contributed by atoms with Crippen LogP contribution in [-0.2, 0) is 11.3 Å². The molecule has 3 N–H and O–H groups in total. The van der Waals surface area contributed by atoms with Gasteiger partial charge in [0.05, 0.1) is 25.0 Å². The highest BCUT2D eigenvalue weighted by Crippen LogP contribution is 2.43. The van der Waals surface area contributed by atoms with E-state index in [0.717, 1.165) is 16.3 Å². The maximum atomic E-state index is 12.3. The van der Waals surface area contributed by atoms with Crippen molar-refractivity contribution in [2.75, 3.05) is 27.2 Å². The van der Waals surface area contributed by atoms with Gasteiger partial charge in [-0.25, -0.2) is 4.79 Å². The highest BCUT2D eigenvalue weighted by molar-refractivity contribution is 5.93. The third-order valence-electron chi connectivity index (χ3n) is 4.40. The van der Waals surface area contributed by atoms with Gasteiger partial charge in [-0.3, -0.25) is 19.7 Å². The Kier molecular flexibility index (Phi) is 4.14. The van der Waals surface area contributed by atoms with E-state index in [4.69, 9.17) is 0 Å². The molecule has 2 aliphatic rings. The van der Waals surface area contributed by atoms with Crippen molar-refractivity contribution in [1.82, 2.24) is 30.4 Å². The second-order valence-corrected chi connectivity index (χ2v) is 5.75. The summed E-state index contributed by atoms with van der Waals surface area (Å²) in [4.78, 5) is 29.2. The minimum atomic E-state index is -0.453. The number of aromatic nitrogens is 2. The molecule has 2 atom stereocenters. The molecule has 0 spiro atoms. The first kappa shape index (κ1) is 16.2. The van der Waals surface area contributed by atoms with Gasteiger partial charge in [-0.2, -0.15) is 10.2 Å². The number of nitrogens with zero attached hydrogens (tertiary/aromatic N) is 5. The Morgan fingerprint density at radius 3 is 2.92 bits per heavy atom. The van der Waals surface area contributed by atoms with E-state index in [1.165, 1.54) is 6.92 Å². The average molecular weight is 335 g/mol. The Balaban J connectivity index is 2.01. The van der Waals surface area contributed by atoms with Gasteiger partial charge in [-0.15, -0.1) is 0 Å². The number of fused-ring (bicyclic) bond motifs is 4. The fraction of sp³-hybridized carbons (Fsp3) is 0.571. The van der Waals surface area contributed by atoms with Crippen LogP contribution in [0.15, 0.2) is 11.2 Å². The van der Waals surface area contributed by atoms with Gasteiger partial charge >= 0.3 is 6.03 Å². The third kappa shape index (κ3) is 2.39. The molecule has 0 aromatic carbocycles. The normalized spacial score (nSPS) is 22.7. The van der Waals surface area contributed by atoms with Crippen LogP contribution < -0.4 is 10.6 Å². The molecule has 0 unspecified atom stereocenters. The number of amidine groups is 1. The summed E-state index contributed by atoms with van der Waals surface area (Å²) in [5.41, 5.74) is 1.60.